The van der Waals surface area contributed by atoms with Gasteiger partial charge in [0.05, 0.1) is 28.5 Å². The zero-order valence-corrected chi connectivity index (χ0v) is 22.4. The Morgan fingerprint density at radius 1 is 1.16 bits per heavy atom. The number of hydrogen-bond acceptors (Lipinski definition) is 5. The highest BCUT2D eigenvalue weighted by molar-refractivity contribution is 7.07. The lowest BCUT2D eigenvalue weighted by Crippen LogP contribution is -2.40. The van der Waals surface area contributed by atoms with Crippen molar-refractivity contribution in [1.29, 1.82) is 0 Å². The predicted octanol–water partition coefficient (Wildman–Crippen LogP) is 5.18. The molecular formula is C30H31N3O3S. The molecule has 0 spiro atoms. The van der Waals surface area contributed by atoms with Gasteiger partial charge in [-0.2, -0.15) is 0 Å². The van der Waals surface area contributed by atoms with E-state index in [1.807, 2.05) is 48.7 Å². The molecule has 1 atom stereocenters. The molecular weight excluding hydrogens is 482 g/mol. The molecule has 1 aliphatic heterocycles. The van der Waals surface area contributed by atoms with E-state index in [2.05, 4.69) is 37.9 Å². The second-order valence-corrected chi connectivity index (χ2v) is 10.5. The fraction of sp³-hybridized carbons (Fsp3) is 0.300. The van der Waals surface area contributed by atoms with Crippen molar-refractivity contribution >= 4 is 34.3 Å². The number of rotatable bonds is 7. The number of nitrogens with zero attached hydrogens (tertiary/aromatic N) is 2. The largest absolute Gasteiger partial charge is 0.463 e. The Morgan fingerprint density at radius 2 is 1.92 bits per heavy atom. The van der Waals surface area contributed by atoms with Crippen LogP contribution < -0.4 is 14.9 Å². The van der Waals surface area contributed by atoms with E-state index in [0.29, 0.717) is 32.9 Å². The van der Waals surface area contributed by atoms with Gasteiger partial charge in [-0.3, -0.25) is 9.36 Å². The van der Waals surface area contributed by atoms with Crippen LogP contribution in [0, 0.1) is 0 Å². The molecule has 0 saturated heterocycles. The van der Waals surface area contributed by atoms with Gasteiger partial charge in [0.2, 0.25) is 0 Å². The Labute approximate surface area is 219 Å². The van der Waals surface area contributed by atoms with E-state index >= 15 is 0 Å². The third kappa shape index (κ3) is 4.60. The van der Waals surface area contributed by atoms with E-state index < -0.39 is 12.0 Å². The zero-order chi connectivity index (χ0) is 26.1. The van der Waals surface area contributed by atoms with Crippen molar-refractivity contribution in [2.45, 2.75) is 52.5 Å². The third-order valence-electron chi connectivity index (χ3n) is 6.72. The van der Waals surface area contributed by atoms with E-state index in [0.717, 1.165) is 28.5 Å². The number of fused-ring (bicyclic) bond motifs is 2. The van der Waals surface area contributed by atoms with Crippen molar-refractivity contribution in [2.24, 2.45) is 4.99 Å². The average Bonchev–Trinajstić information content (AvgIpc) is 3.44. The van der Waals surface area contributed by atoms with E-state index in [1.54, 1.807) is 11.5 Å². The average molecular weight is 514 g/mol. The molecule has 37 heavy (non-hydrogen) atoms. The molecule has 3 heterocycles. The molecule has 1 aliphatic rings. The lowest BCUT2D eigenvalue weighted by Gasteiger charge is -2.26. The molecule has 1 N–H and O–H groups in total. The van der Waals surface area contributed by atoms with E-state index in [4.69, 9.17) is 9.73 Å². The number of H-pyrrole nitrogens is 1. The van der Waals surface area contributed by atoms with Crippen LogP contribution in [0.15, 0.2) is 75.8 Å². The maximum Gasteiger partial charge on any atom is 0.338 e. The minimum Gasteiger partial charge on any atom is -0.463 e. The zero-order valence-electron chi connectivity index (χ0n) is 21.6. The maximum absolute atomic E-state index is 13.9. The number of ether oxygens (including phenoxy) is 1. The van der Waals surface area contributed by atoms with Gasteiger partial charge in [0, 0.05) is 22.7 Å². The van der Waals surface area contributed by atoms with Crippen molar-refractivity contribution in [3.63, 3.8) is 0 Å². The van der Waals surface area contributed by atoms with Gasteiger partial charge < -0.3 is 9.72 Å². The van der Waals surface area contributed by atoms with Crippen LogP contribution in [-0.2, 0) is 9.53 Å². The van der Waals surface area contributed by atoms with Crippen molar-refractivity contribution < 1.29 is 9.53 Å². The molecule has 0 fully saturated rings. The Bertz CT molecular complexity index is 1670. The Kier molecular flexibility index (Phi) is 6.98. The number of benzene rings is 2. The smallest absolute Gasteiger partial charge is 0.338 e. The minimum atomic E-state index is -0.594. The summed E-state index contributed by atoms with van der Waals surface area (Å²) in [4.78, 5) is 36.0. The van der Waals surface area contributed by atoms with Crippen molar-refractivity contribution in [1.82, 2.24) is 9.55 Å². The number of aromatic nitrogens is 2. The number of carbonyl (C=O) groups is 1. The van der Waals surface area contributed by atoms with E-state index in [9.17, 15) is 9.59 Å². The summed E-state index contributed by atoms with van der Waals surface area (Å²) in [5.41, 5.74) is 5.01. The Morgan fingerprint density at radius 3 is 2.62 bits per heavy atom. The highest BCUT2D eigenvalue weighted by Crippen LogP contribution is 2.33. The lowest BCUT2D eigenvalue weighted by atomic mass is 9.92. The van der Waals surface area contributed by atoms with Crippen molar-refractivity contribution in [3.8, 4) is 0 Å². The molecule has 0 bridgehead atoms. The monoisotopic (exact) mass is 513 g/mol. The van der Waals surface area contributed by atoms with Crippen LogP contribution in [0.5, 0.6) is 0 Å². The highest BCUT2D eigenvalue weighted by atomic mass is 32.1. The highest BCUT2D eigenvalue weighted by Gasteiger charge is 2.34. The standard InChI is InChI=1S/C30H31N3O3S/c1-5-9-24-26(29(35)36-6-2)27(20-14-12-19(13-15-20)18(3)4)33-28(34)25(37-30(33)32-24)16-21-17-31-23-11-8-7-10-22(21)23/h7-8,10-18,27,31H,5-6,9H2,1-4H3/b25-16-/t27-/m0/s1. The molecule has 0 aliphatic carbocycles. The fourth-order valence-corrected chi connectivity index (χ4v) is 5.86. The molecule has 5 rings (SSSR count). The summed E-state index contributed by atoms with van der Waals surface area (Å²) in [5.74, 6) is -0.0403. The van der Waals surface area contributed by atoms with Crippen molar-refractivity contribution in [2.75, 3.05) is 6.61 Å². The minimum absolute atomic E-state index is 0.163. The van der Waals surface area contributed by atoms with E-state index in [1.165, 1.54) is 16.9 Å². The van der Waals surface area contributed by atoms with Crippen LogP contribution >= 0.6 is 11.3 Å². The number of carbonyl (C=O) groups excluding carboxylic acids is 1. The summed E-state index contributed by atoms with van der Waals surface area (Å²) in [6.07, 6.45) is 5.28. The molecule has 2 aromatic carbocycles. The lowest BCUT2D eigenvalue weighted by molar-refractivity contribution is -0.139. The summed E-state index contributed by atoms with van der Waals surface area (Å²) in [6, 6.07) is 15.6. The summed E-state index contributed by atoms with van der Waals surface area (Å²) < 4.78 is 7.73. The first-order valence-corrected chi connectivity index (χ1v) is 13.6. The predicted molar refractivity (Wildman–Crippen MR) is 148 cm³/mol. The quantitative estimate of drug-likeness (QED) is 0.346. The molecule has 7 heteroatoms. The Hall–Kier alpha value is -3.71. The SMILES string of the molecule is CCCC1=C(C(=O)OCC)[C@H](c2ccc(C(C)C)cc2)n2c(s/c(=C\c3c[nH]c4ccccc34)c2=O)=N1. The van der Waals surface area contributed by atoms with Gasteiger partial charge in [-0.05, 0) is 42.5 Å². The first-order chi connectivity index (χ1) is 17.9. The van der Waals surface area contributed by atoms with Crippen LogP contribution in [-0.4, -0.2) is 22.1 Å². The molecule has 0 unspecified atom stereocenters. The molecule has 190 valence electrons. The number of aromatic amines is 1. The maximum atomic E-state index is 13.9. The summed E-state index contributed by atoms with van der Waals surface area (Å²) in [7, 11) is 0. The molecule has 0 saturated carbocycles. The molecule has 0 radical (unpaired) electrons. The molecule has 0 amide bonds. The number of para-hydroxylation sites is 1. The fourth-order valence-electron chi connectivity index (χ4n) is 4.85. The van der Waals surface area contributed by atoms with Crippen LogP contribution in [0.1, 0.15) is 69.2 Å². The van der Waals surface area contributed by atoms with Gasteiger partial charge in [-0.1, -0.05) is 81.0 Å². The van der Waals surface area contributed by atoms with Gasteiger partial charge in [0.15, 0.2) is 4.80 Å². The van der Waals surface area contributed by atoms with Gasteiger partial charge in [0.25, 0.3) is 5.56 Å². The van der Waals surface area contributed by atoms with Crippen LogP contribution in [0.25, 0.3) is 17.0 Å². The van der Waals surface area contributed by atoms with Crippen molar-refractivity contribution in [3.05, 3.63) is 102 Å². The number of hydrogen-bond donors (Lipinski definition) is 1. The van der Waals surface area contributed by atoms with Gasteiger partial charge in [-0.25, -0.2) is 9.79 Å². The number of esters is 1. The summed E-state index contributed by atoms with van der Waals surface area (Å²) in [6.45, 7) is 8.40. The Balaban J connectivity index is 1.75. The molecule has 6 nitrogen and oxygen atoms in total. The number of nitrogens with one attached hydrogen (secondary N) is 1. The number of allylic oxidation sites excluding steroid dienone is 1. The summed E-state index contributed by atoms with van der Waals surface area (Å²) >= 11 is 1.36. The topological polar surface area (TPSA) is 76.5 Å². The number of thiazole rings is 1. The second-order valence-electron chi connectivity index (χ2n) is 9.52. The van der Waals surface area contributed by atoms with E-state index in [-0.39, 0.29) is 12.2 Å². The normalized spacial score (nSPS) is 15.8. The van der Waals surface area contributed by atoms with Crippen LogP contribution in [0.2, 0.25) is 0 Å². The van der Waals surface area contributed by atoms with Crippen LogP contribution in [0.3, 0.4) is 0 Å². The van der Waals surface area contributed by atoms with Gasteiger partial charge >= 0.3 is 5.97 Å². The molecule has 4 aromatic rings. The third-order valence-corrected chi connectivity index (χ3v) is 7.70. The van der Waals surface area contributed by atoms with Gasteiger partial charge in [-0.15, -0.1) is 0 Å². The van der Waals surface area contributed by atoms with Gasteiger partial charge in [0.1, 0.15) is 0 Å². The first-order valence-electron chi connectivity index (χ1n) is 12.8. The van der Waals surface area contributed by atoms with Crippen LogP contribution in [0.4, 0.5) is 0 Å². The first kappa shape index (κ1) is 25.0. The molecule has 2 aromatic heterocycles. The summed E-state index contributed by atoms with van der Waals surface area (Å²) in [5, 5.41) is 1.05. The second kappa shape index (κ2) is 10.3.